The van der Waals surface area contributed by atoms with E-state index in [9.17, 15) is 14.2 Å². The van der Waals surface area contributed by atoms with Crippen molar-refractivity contribution in [1.29, 1.82) is 0 Å². The smallest absolute Gasteiger partial charge is 0.357 e. The molecule has 1 aromatic carbocycles. The highest BCUT2D eigenvalue weighted by atomic mass is 35.5. The standard InChI is InChI=1S/C19H27ClNO6P/c1-6-26-28(24,27-7-2)17(13-10-8-9-11-14(13)20)21-12-19(3,4)15(16(21)22)18(23)25-5/h8-11,15,17H,6-7,12H2,1-5H3. The van der Waals surface area contributed by atoms with Crippen molar-refractivity contribution in [1.82, 2.24) is 4.90 Å². The summed E-state index contributed by atoms with van der Waals surface area (Å²) in [4.78, 5) is 26.9. The highest BCUT2D eigenvalue weighted by Crippen LogP contribution is 2.64. The molecule has 0 aromatic heterocycles. The van der Waals surface area contributed by atoms with E-state index in [1.807, 2.05) is 0 Å². The third-order valence-electron chi connectivity index (χ3n) is 4.72. The lowest BCUT2D eigenvalue weighted by Crippen LogP contribution is -2.35. The van der Waals surface area contributed by atoms with Crippen LogP contribution in [0.25, 0.3) is 0 Å². The minimum atomic E-state index is -3.82. The fourth-order valence-corrected chi connectivity index (χ4v) is 6.08. The molecule has 1 heterocycles. The summed E-state index contributed by atoms with van der Waals surface area (Å²) >= 11 is 6.39. The second-order valence-electron chi connectivity index (χ2n) is 7.18. The molecule has 9 heteroatoms. The van der Waals surface area contributed by atoms with Crippen LogP contribution in [0.15, 0.2) is 24.3 Å². The topological polar surface area (TPSA) is 82.1 Å². The molecular weight excluding hydrogens is 405 g/mol. The van der Waals surface area contributed by atoms with E-state index in [2.05, 4.69) is 0 Å². The maximum atomic E-state index is 13.7. The number of esters is 1. The number of rotatable bonds is 8. The molecular formula is C19H27ClNO6P. The average Bonchev–Trinajstić information content (AvgIpc) is 2.85. The average molecular weight is 432 g/mol. The van der Waals surface area contributed by atoms with Crippen LogP contribution in [-0.2, 0) is 27.9 Å². The highest BCUT2D eigenvalue weighted by molar-refractivity contribution is 7.54. The molecule has 156 valence electrons. The van der Waals surface area contributed by atoms with Crippen molar-refractivity contribution in [3.8, 4) is 0 Å². The van der Waals surface area contributed by atoms with Gasteiger partial charge in [-0.15, -0.1) is 0 Å². The lowest BCUT2D eigenvalue weighted by Gasteiger charge is -2.34. The third-order valence-corrected chi connectivity index (χ3v) is 7.46. The summed E-state index contributed by atoms with van der Waals surface area (Å²) in [5, 5.41) is 0.333. The van der Waals surface area contributed by atoms with Crippen molar-refractivity contribution < 1.29 is 27.9 Å². The Hall–Kier alpha value is -1.40. The molecule has 0 N–H and O–H groups in total. The lowest BCUT2D eigenvalue weighted by molar-refractivity contribution is -0.153. The van der Waals surface area contributed by atoms with E-state index in [-0.39, 0.29) is 19.8 Å². The van der Waals surface area contributed by atoms with Crippen LogP contribution < -0.4 is 0 Å². The number of carbonyl (C=O) groups excluding carboxylic acids is 2. The molecule has 0 spiro atoms. The zero-order valence-corrected chi connectivity index (χ0v) is 18.5. The van der Waals surface area contributed by atoms with E-state index in [4.69, 9.17) is 25.4 Å². The summed E-state index contributed by atoms with van der Waals surface area (Å²) in [6.07, 6.45) is 0. The van der Waals surface area contributed by atoms with Crippen LogP contribution in [0.4, 0.5) is 0 Å². The van der Waals surface area contributed by atoms with Gasteiger partial charge in [-0.05, 0) is 19.9 Å². The number of methoxy groups -OCH3 is 1. The molecule has 2 atom stereocenters. The molecule has 2 unspecified atom stereocenters. The molecule has 1 aliphatic heterocycles. The molecule has 0 aliphatic carbocycles. The molecule has 0 bridgehead atoms. The summed E-state index contributed by atoms with van der Waals surface area (Å²) in [6, 6.07) is 6.81. The van der Waals surface area contributed by atoms with Crippen LogP contribution in [0.1, 0.15) is 39.0 Å². The van der Waals surface area contributed by atoms with Crippen molar-refractivity contribution in [3.63, 3.8) is 0 Å². The molecule has 0 radical (unpaired) electrons. The van der Waals surface area contributed by atoms with Gasteiger partial charge >= 0.3 is 13.6 Å². The van der Waals surface area contributed by atoms with Gasteiger partial charge in [0, 0.05) is 22.5 Å². The van der Waals surface area contributed by atoms with Crippen LogP contribution in [0.2, 0.25) is 5.02 Å². The summed E-state index contributed by atoms with van der Waals surface area (Å²) < 4.78 is 29.7. The maximum absolute atomic E-state index is 13.7. The number of carbonyl (C=O) groups is 2. The van der Waals surface area contributed by atoms with Gasteiger partial charge in [0.25, 0.3) is 0 Å². The first kappa shape index (κ1) is 22.9. The Morgan fingerprint density at radius 3 is 2.36 bits per heavy atom. The summed E-state index contributed by atoms with van der Waals surface area (Å²) in [5.74, 6) is -3.19. The first-order chi connectivity index (χ1) is 13.1. The van der Waals surface area contributed by atoms with Gasteiger partial charge in [-0.3, -0.25) is 14.2 Å². The molecule has 1 aromatic rings. The Labute approximate surface area is 170 Å². The van der Waals surface area contributed by atoms with Gasteiger partial charge in [0.05, 0.1) is 20.3 Å². The summed E-state index contributed by atoms with van der Waals surface area (Å²) in [7, 11) is -2.58. The van der Waals surface area contributed by atoms with Gasteiger partial charge in [0.1, 0.15) is 5.92 Å². The number of ether oxygens (including phenoxy) is 1. The van der Waals surface area contributed by atoms with Crippen LogP contribution in [0.5, 0.6) is 0 Å². The minimum absolute atomic E-state index is 0.129. The minimum Gasteiger partial charge on any atom is -0.468 e. The molecule has 1 fully saturated rings. The molecule has 28 heavy (non-hydrogen) atoms. The van der Waals surface area contributed by atoms with E-state index >= 15 is 0 Å². The van der Waals surface area contributed by atoms with Crippen LogP contribution >= 0.6 is 19.2 Å². The van der Waals surface area contributed by atoms with E-state index in [1.165, 1.54) is 12.0 Å². The molecule has 2 rings (SSSR count). The Kier molecular flexibility index (Phi) is 7.32. The number of likely N-dealkylation sites (tertiary alicyclic amines) is 1. The van der Waals surface area contributed by atoms with Crippen LogP contribution in [0.3, 0.4) is 0 Å². The first-order valence-corrected chi connectivity index (χ1v) is 11.1. The second kappa shape index (κ2) is 8.95. The number of hydrogen-bond donors (Lipinski definition) is 0. The van der Waals surface area contributed by atoms with Gasteiger partial charge in [0.2, 0.25) is 5.91 Å². The predicted molar refractivity (Wildman–Crippen MR) is 106 cm³/mol. The summed E-state index contributed by atoms with van der Waals surface area (Å²) in [5.41, 5.74) is -0.281. The zero-order valence-electron chi connectivity index (χ0n) is 16.8. The second-order valence-corrected chi connectivity index (χ2v) is 9.67. The van der Waals surface area contributed by atoms with Gasteiger partial charge < -0.3 is 18.7 Å². The monoisotopic (exact) mass is 431 g/mol. The Bertz CT molecular complexity index is 773. The Balaban J connectivity index is 2.63. The van der Waals surface area contributed by atoms with E-state index in [1.54, 1.807) is 52.0 Å². The fraction of sp³-hybridized carbons (Fsp3) is 0.579. The van der Waals surface area contributed by atoms with E-state index in [0.717, 1.165) is 0 Å². The molecule has 1 saturated heterocycles. The number of benzene rings is 1. The fourth-order valence-electron chi connectivity index (χ4n) is 3.58. The molecule has 1 aliphatic rings. The van der Waals surface area contributed by atoms with Crippen molar-refractivity contribution in [2.75, 3.05) is 26.9 Å². The lowest BCUT2D eigenvalue weighted by atomic mass is 9.82. The Morgan fingerprint density at radius 1 is 1.29 bits per heavy atom. The van der Waals surface area contributed by atoms with Crippen molar-refractivity contribution in [2.45, 2.75) is 33.5 Å². The van der Waals surface area contributed by atoms with E-state index in [0.29, 0.717) is 10.6 Å². The van der Waals surface area contributed by atoms with Crippen LogP contribution in [-0.4, -0.2) is 43.6 Å². The predicted octanol–water partition coefficient (Wildman–Crippen LogP) is 4.26. The van der Waals surface area contributed by atoms with Gasteiger partial charge in [-0.1, -0.05) is 43.6 Å². The number of amides is 1. The van der Waals surface area contributed by atoms with Gasteiger partial charge in [-0.2, -0.15) is 0 Å². The van der Waals surface area contributed by atoms with Gasteiger partial charge in [0.15, 0.2) is 5.78 Å². The highest BCUT2D eigenvalue weighted by Gasteiger charge is 2.57. The molecule has 0 saturated carbocycles. The Morgan fingerprint density at radius 2 is 1.86 bits per heavy atom. The number of nitrogens with zero attached hydrogens (tertiary/aromatic N) is 1. The van der Waals surface area contributed by atoms with Gasteiger partial charge in [-0.25, -0.2) is 0 Å². The maximum Gasteiger partial charge on any atom is 0.357 e. The number of halogens is 1. The SMILES string of the molecule is CCOP(=O)(OCC)C(c1ccccc1Cl)N1CC(C)(C)C(C(=O)OC)C1=O. The molecule has 1 amide bonds. The molecule has 7 nitrogen and oxygen atoms in total. The largest absolute Gasteiger partial charge is 0.468 e. The quantitative estimate of drug-likeness (QED) is 0.347. The van der Waals surface area contributed by atoms with E-state index < -0.39 is 36.6 Å². The number of hydrogen-bond acceptors (Lipinski definition) is 6. The summed E-state index contributed by atoms with van der Waals surface area (Å²) in [6.45, 7) is 7.41. The normalized spacial score (nSPS) is 20.3. The van der Waals surface area contributed by atoms with Crippen molar-refractivity contribution in [3.05, 3.63) is 34.9 Å². The first-order valence-electron chi connectivity index (χ1n) is 9.14. The van der Waals surface area contributed by atoms with Crippen molar-refractivity contribution >= 4 is 31.1 Å². The zero-order chi connectivity index (χ0) is 21.1. The third kappa shape index (κ3) is 4.28. The van der Waals surface area contributed by atoms with Crippen molar-refractivity contribution in [2.24, 2.45) is 11.3 Å². The van der Waals surface area contributed by atoms with Crippen LogP contribution in [0, 0.1) is 11.3 Å².